The van der Waals surface area contributed by atoms with Crippen LogP contribution < -0.4 is 0 Å². The number of ether oxygens (including phenoxy) is 1. The van der Waals surface area contributed by atoms with Crippen molar-refractivity contribution < 1.29 is 23.4 Å². The second kappa shape index (κ2) is 4.18. The summed E-state index contributed by atoms with van der Waals surface area (Å²) in [6.45, 7) is 1.12. The second-order valence-electron chi connectivity index (χ2n) is 3.27. The van der Waals surface area contributed by atoms with Crippen molar-refractivity contribution in [1.82, 2.24) is 4.90 Å². The molecule has 1 N–H and O–H groups in total. The molecule has 0 aromatic carbocycles. The summed E-state index contributed by atoms with van der Waals surface area (Å²) < 4.78 is 30.2. The maximum Gasteiger partial charge on any atom is 0.378 e. The number of halogens is 2. The number of esters is 1. The molecule has 1 aliphatic heterocycles. The van der Waals surface area contributed by atoms with Gasteiger partial charge in [0.1, 0.15) is 0 Å². The van der Waals surface area contributed by atoms with Gasteiger partial charge in [-0.05, 0) is 6.92 Å². The predicted molar refractivity (Wildman–Crippen MR) is 44.0 cm³/mol. The van der Waals surface area contributed by atoms with Crippen LogP contribution in [0.2, 0.25) is 0 Å². The Kier molecular flexibility index (Phi) is 3.38. The fourth-order valence-electron chi connectivity index (χ4n) is 1.25. The molecule has 0 amide bonds. The molecule has 14 heavy (non-hydrogen) atoms. The number of carbonyl (C=O) groups is 1. The molecule has 0 atom stereocenters. The van der Waals surface area contributed by atoms with E-state index in [9.17, 15) is 13.6 Å². The fourth-order valence-corrected chi connectivity index (χ4v) is 1.25. The first-order chi connectivity index (χ1) is 6.45. The minimum absolute atomic E-state index is 0.0585. The molecule has 1 aliphatic rings. The maximum atomic E-state index is 13.0. The highest BCUT2D eigenvalue weighted by molar-refractivity contribution is 5.77. The standard InChI is InChI=1S/C8H13F2NO3/c1-2-14-7(13)8(9,10)5-11-3-6(12)4-11/h6,12H,2-5H2,1H3. The van der Waals surface area contributed by atoms with Crippen molar-refractivity contribution in [3.05, 3.63) is 0 Å². The highest BCUT2D eigenvalue weighted by Gasteiger charge is 2.44. The number of hydrogen-bond acceptors (Lipinski definition) is 4. The minimum Gasteiger partial charge on any atom is -0.462 e. The summed E-state index contributed by atoms with van der Waals surface area (Å²) in [6, 6.07) is 0. The van der Waals surface area contributed by atoms with Crippen LogP contribution in [0.4, 0.5) is 8.78 Å². The molecule has 4 nitrogen and oxygen atoms in total. The third-order valence-electron chi connectivity index (χ3n) is 1.93. The Balaban J connectivity index is 2.37. The van der Waals surface area contributed by atoms with E-state index in [1.54, 1.807) is 0 Å². The van der Waals surface area contributed by atoms with E-state index in [1.807, 2.05) is 0 Å². The van der Waals surface area contributed by atoms with Crippen LogP contribution in [0.5, 0.6) is 0 Å². The smallest absolute Gasteiger partial charge is 0.378 e. The highest BCUT2D eigenvalue weighted by atomic mass is 19.3. The number of hydrogen-bond donors (Lipinski definition) is 1. The molecule has 0 saturated carbocycles. The number of alkyl halides is 2. The Labute approximate surface area is 80.4 Å². The van der Waals surface area contributed by atoms with Crippen molar-refractivity contribution in [1.29, 1.82) is 0 Å². The molecule has 0 aromatic rings. The van der Waals surface area contributed by atoms with Gasteiger partial charge in [-0.25, -0.2) is 4.79 Å². The number of rotatable bonds is 4. The summed E-state index contributed by atoms with van der Waals surface area (Å²) >= 11 is 0. The van der Waals surface area contributed by atoms with Gasteiger partial charge in [0.15, 0.2) is 0 Å². The SMILES string of the molecule is CCOC(=O)C(F)(F)CN1CC(O)C1. The summed E-state index contributed by atoms with van der Waals surface area (Å²) in [7, 11) is 0. The first kappa shape index (κ1) is 11.3. The van der Waals surface area contributed by atoms with Gasteiger partial charge >= 0.3 is 11.9 Å². The Morgan fingerprint density at radius 3 is 2.64 bits per heavy atom. The van der Waals surface area contributed by atoms with Crippen LogP contribution in [0.15, 0.2) is 0 Å². The van der Waals surface area contributed by atoms with Gasteiger partial charge in [-0.15, -0.1) is 0 Å². The van der Waals surface area contributed by atoms with Crippen molar-refractivity contribution in [3.8, 4) is 0 Å². The van der Waals surface area contributed by atoms with E-state index in [0.29, 0.717) is 0 Å². The average molecular weight is 209 g/mol. The minimum atomic E-state index is -3.48. The van der Waals surface area contributed by atoms with E-state index in [2.05, 4.69) is 4.74 Å². The zero-order chi connectivity index (χ0) is 10.8. The van der Waals surface area contributed by atoms with Gasteiger partial charge in [0.25, 0.3) is 0 Å². The summed E-state index contributed by atoms with van der Waals surface area (Å²) in [5.74, 6) is -4.97. The third kappa shape index (κ3) is 2.62. The highest BCUT2D eigenvalue weighted by Crippen LogP contribution is 2.20. The number of carbonyl (C=O) groups excluding carboxylic acids is 1. The zero-order valence-corrected chi connectivity index (χ0v) is 7.87. The van der Waals surface area contributed by atoms with Gasteiger partial charge in [0.05, 0.1) is 19.3 Å². The van der Waals surface area contributed by atoms with Crippen LogP contribution in [-0.4, -0.2) is 54.2 Å². The molecule has 0 radical (unpaired) electrons. The predicted octanol–water partition coefficient (Wildman–Crippen LogP) is -0.139. The van der Waals surface area contributed by atoms with E-state index in [0.717, 1.165) is 0 Å². The summed E-state index contributed by atoms with van der Waals surface area (Å²) in [6.07, 6.45) is -0.548. The largest absolute Gasteiger partial charge is 0.462 e. The molecular formula is C8H13F2NO3. The molecule has 1 fully saturated rings. The Morgan fingerprint density at radius 2 is 2.21 bits per heavy atom. The Bertz CT molecular complexity index is 217. The van der Waals surface area contributed by atoms with Gasteiger partial charge < -0.3 is 9.84 Å². The first-order valence-electron chi connectivity index (χ1n) is 4.41. The van der Waals surface area contributed by atoms with Crippen LogP contribution >= 0.6 is 0 Å². The summed E-state index contributed by atoms with van der Waals surface area (Å²) in [4.78, 5) is 12.1. The lowest BCUT2D eigenvalue weighted by Crippen LogP contribution is -2.56. The molecule has 0 aliphatic carbocycles. The van der Waals surface area contributed by atoms with Crippen molar-refractivity contribution >= 4 is 5.97 Å². The van der Waals surface area contributed by atoms with Crippen molar-refractivity contribution in [2.75, 3.05) is 26.2 Å². The summed E-state index contributed by atoms with van der Waals surface area (Å²) in [5, 5.41) is 8.85. The van der Waals surface area contributed by atoms with Crippen molar-refractivity contribution in [2.24, 2.45) is 0 Å². The van der Waals surface area contributed by atoms with Crippen molar-refractivity contribution in [2.45, 2.75) is 19.0 Å². The zero-order valence-electron chi connectivity index (χ0n) is 7.87. The number of likely N-dealkylation sites (tertiary alicyclic amines) is 1. The van der Waals surface area contributed by atoms with Crippen LogP contribution in [0, 0.1) is 0 Å². The van der Waals surface area contributed by atoms with Crippen LogP contribution in [-0.2, 0) is 9.53 Å². The lowest BCUT2D eigenvalue weighted by molar-refractivity contribution is -0.177. The molecule has 0 aromatic heterocycles. The normalized spacial score (nSPS) is 19.1. The lowest BCUT2D eigenvalue weighted by Gasteiger charge is -2.37. The number of aliphatic hydroxyl groups is 1. The molecule has 0 unspecified atom stereocenters. The molecule has 82 valence electrons. The number of β-amino-alcohol motifs (C(OH)–C–C–N with tert-alkyl or cyclic N) is 1. The van der Waals surface area contributed by atoms with Gasteiger partial charge in [0.2, 0.25) is 0 Å². The van der Waals surface area contributed by atoms with E-state index in [1.165, 1.54) is 11.8 Å². The third-order valence-corrected chi connectivity index (χ3v) is 1.93. The molecule has 1 rings (SSSR count). The number of aliphatic hydroxyl groups excluding tert-OH is 1. The van der Waals surface area contributed by atoms with E-state index < -0.39 is 24.5 Å². The quantitative estimate of drug-likeness (QED) is 0.655. The lowest BCUT2D eigenvalue weighted by atomic mass is 10.1. The maximum absolute atomic E-state index is 13.0. The Morgan fingerprint density at radius 1 is 1.64 bits per heavy atom. The van der Waals surface area contributed by atoms with Crippen LogP contribution in [0.1, 0.15) is 6.92 Å². The van der Waals surface area contributed by atoms with Gasteiger partial charge in [-0.3, -0.25) is 4.90 Å². The average Bonchev–Trinajstić information content (AvgIpc) is 2.01. The summed E-state index contributed by atoms with van der Waals surface area (Å²) in [5.41, 5.74) is 0. The Hall–Kier alpha value is -0.750. The number of nitrogens with zero attached hydrogens (tertiary/aromatic N) is 1. The molecular weight excluding hydrogens is 196 g/mol. The van der Waals surface area contributed by atoms with Crippen LogP contribution in [0.3, 0.4) is 0 Å². The molecule has 1 heterocycles. The molecule has 6 heteroatoms. The van der Waals surface area contributed by atoms with E-state index >= 15 is 0 Å². The van der Waals surface area contributed by atoms with Crippen LogP contribution in [0.25, 0.3) is 0 Å². The van der Waals surface area contributed by atoms with Crippen molar-refractivity contribution in [3.63, 3.8) is 0 Å². The topological polar surface area (TPSA) is 49.8 Å². The first-order valence-corrected chi connectivity index (χ1v) is 4.41. The molecule has 1 saturated heterocycles. The molecule has 0 spiro atoms. The molecule has 0 bridgehead atoms. The van der Waals surface area contributed by atoms with E-state index in [-0.39, 0.29) is 19.7 Å². The van der Waals surface area contributed by atoms with Gasteiger partial charge in [-0.2, -0.15) is 8.78 Å². The monoisotopic (exact) mass is 209 g/mol. The van der Waals surface area contributed by atoms with Gasteiger partial charge in [-0.1, -0.05) is 0 Å². The second-order valence-corrected chi connectivity index (χ2v) is 3.27. The van der Waals surface area contributed by atoms with Gasteiger partial charge in [0, 0.05) is 13.1 Å². The van der Waals surface area contributed by atoms with E-state index in [4.69, 9.17) is 5.11 Å². The fraction of sp³-hybridized carbons (Fsp3) is 0.875.